The number of carbonyl (C=O) groups is 1. The number of hydrogen-bond acceptors (Lipinski definition) is 1. The molecule has 0 fully saturated rings. The number of amides is 2. The van der Waals surface area contributed by atoms with Crippen molar-refractivity contribution in [3.8, 4) is 0 Å². The van der Waals surface area contributed by atoms with E-state index in [9.17, 15) is 4.79 Å². The number of rotatable bonds is 2. The number of carbonyl (C=O) groups excluding carboxylic acids is 1. The van der Waals surface area contributed by atoms with Crippen LogP contribution in [-0.2, 0) is 0 Å². The van der Waals surface area contributed by atoms with E-state index in [1.54, 1.807) is 11.9 Å². The van der Waals surface area contributed by atoms with E-state index >= 15 is 0 Å². The molecule has 0 N–H and O–H groups in total. The van der Waals surface area contributed by atoms with Crippen LogP contribution in [-0.4, -0.2) is 13.1 Å². The second kappa shape index (κ2) is 7.48. The Bertz CT molecular complexity index is 564. The van der Waals surface area contributed by atoms with Gasteiger partial charge in [-0.1, -0.05) is 55.6 Å². The number of hydrogen-bond donors (Lipinski definition) is 0. The Morgan fingerprint density at radius 1 is 0.950 bits per heavy atom. The average molecular weight is 276 g/mol. The molecule has 0 aliphatic carbocycles. The SMILES string of the molecule is Cc1cccc(C)c1[N-]C(=O)N(C)c1ccccc1.[Na+]. The van der Waals surface area contributed by atoms with Gasteiger partial charge in [-0.25, -0.2) is 0 Å². The molecule has 0 aromatic heterocycles. The van der Waals surface area contributed by atoms with Crippen LogP contribution in [0.5, 0.6) is 0 Å². The van der Waals surface area contributed by atoms with E-state index in [0.29, 0.717) is 0 Å². The fourth-order valence-corrected chi connectivity index (χ4v) is 1.91. The molecule has 4 heteroatoms. The molecule has 0 bridgehead atoms. The zero-order valence-electron chi connectivity index (χ0n) is 12.4. The normalized spacial score (nSPS) is 9.55. The third-order valence-electron chi connectivity index (χ3n) is 3.08. The minimum absolute atomic E-state index is 0. The van der Waals surface area contributed by atoms with Gasteiger partial charge in [0, 0.05) is 0 Å². The third-order valence-corrected chi connectivity index (χ3v) is 3.08. The standard InChI is InChI=1S/C16H18N2O.Na/c1-12-8-7-9-13(2)15(12)17-16(19)18(3)14-10-5-4-6-11-14;/h4-11H,1-3H3,(H,17,19);/q;+1/p-1. The summed E-state index contributed by atoms with van der Waals surface area (Å²) < 4.78 is 0. The Labute approximate surface area is 142 Å². The molecule has 2 rings (SSSR count). The van der Waals surface area contributed by atoms with Crippen LogP contribution in [0.3, 0.4) is 0 Å². The zero-order chi connectivity index (χ0) is 13.8. The molecular formula is C16H17N2NaO. The van der Waals surface area contributed by atoms with Crippen molar-refractivity contribution in [2.75, 3.05) is 11.9 Å². The summed E-state index contributed by atoms with van der Waals surface area (Å²) >= 11 is 0. The maximum Gasteiger partial charge on any atom is 1.00 e. The molecule has 0 unspecified atom stereocenters. The molecule has 2 aromatic rings. The summed E-state index contributed by atoms with van der Waals surface area (Å²) in [4.78, 5) is 13.7. The Morgan fingerprint density at radius 2 is 1.50 bits per heavy atom. The van der Waals surface area contributed by atoms with Crippen molar-refractivity contribution in [2.24, 2.45) is 0 Å². The molecule has 0 spiro atoms. The van der Waals surface area contributed by atoms with Gasteiger partial charge in [0.25, 0.3) is 0 Å². The third kappa shape index (κ3) is 3.85. The van der Waals surface area contributed by atoms with E-state index in [0.717, 1.165) is 22.5 Å². The molecule has 0 atom stereocenters. The summed E-state index contributed by atoms with van der Waals surface area (Å²) in [7, 11) is 1.73. The molecular weight excluding hydrogens is 259 g/mol. The van der Waals surface area contributed by atoms with Crippen LogP contribution in [0.15, 0.2) is 48.5 Å². The summed E-state index contributed by atoms with van der Waals surface area (Å²) in [6, 6.07) is 15.1. The van der Waals surface area contributed by atoms with Gasteiger partial charge in [0.1, 0.15) is 0 Å². The number of nitrogens with zero attached hydrogens (tertiary/aromatic N) is 2. The molecule has 2 aromatic carbocycles. The second-order valence-corrected chi connectivity index (χ2v) is 4.53. The second-order valence-electron chi connectivity index (χ2n) is 4.53. The van der Waals surface area contributed by atoms with Crippen molar-refractivity contribution in [1.82, 2.24) is 0 Å². The van der Waals surface area contributed by atoms with Crippen LogP contribution in [0.1, 0.15) is 11.1 Å². The van der Waals surface area contributed by atoms with Gasteiger partial charge in [-0.05, 0) is 36.3 Å². The Hall–Kier alpha value is -1.29. The predicted octanol–water partition coefficient (Wildman–Crippen LogP) is 1.57. The quantitative estimate of drug-likeness (QED) is 0.767. The first-order valence-electron chi connectivity index (χ1n) is 6.20. The van der Waals surface area contributed by atoms with E-state index in [-0.39, 0.29) is 35.6 Å². The molecule has 0 aliphatic rings. The molecule has 20 heavy (non-hydrogen) atoms. The molecule has 3 nitrogen and oxygen atoms in total. The van der Waals surface area contributed by atoms with Gasteiger partial charge in [0.15, 0.2) is 6.03 Å². The monoisotopic (exact) mass is 276 g/mol. The van der Waals surface area contributed by atoms with Crippen molar-refractivity contribution < 1.29 is 34.4 Å². The minimum Gasteiger partial charge on any atom is -0.414 e. The Kier molecular flexibility index (Phi) is 6.27. The first-order valence-corrected chi connectivity index (χ1v) is 6.20. The molecule has 0 saturated heterocycles. The maximum atomic E-state index is 12.2. The molecule has 0 saturated carbocycles. The first-order chi connectivity index (χ1) is 9.09. The van der Waals surface area contributed by atoms with Crippen LogP contribution >= 0.6 is 0 Å². The predicted molar refractivity (Wildman–Crippen MR) is 79.2 cm³/mol. The summed E-state index contributed by atoms with van der Waals surface area (Å²) in [5.74, 6) is 0. The van der Waals surface area contributed by atoms with Crippen LogP contribution in [0.2, 0.25) is 0 Å². The van der Waals surface area contributed by atoms with Gasteiger partial charge in [0.05, 0.1) is 0 Å². The van der Waals surface area contributed by atoms with E-state index in [4.69, 9.17) is 0 Å². The van der Waals surface area contributed by atoms with Crippen molar-refractivity contribution in [3.05, 3.63) is 65.0 Å². The number of urea groups is 1. The minimum atomic E-state index is -0.261. The van der Waals surface area contributed by atoms with Gasteiger partial charge in [0.2, 0.25) is 0 Å². The van der Waals surface area contributed by atoms with Crippen molar-refractivity contribution in [2.45, 2.75) is 13.8 Å². The fraction of sp³-hybridized carbons (Fsp3) is 0.188. The number of anilines is 1. The van der Waals surface area contributed by atoms with Gasteiger partial charge in [-0.15, -0.1) is 0 Å². The molecule has 0 aliphatic heterocycles. The Morgan fingerprint density at radius 3 is 2.05 bits per heavy atom. The Balaban J connectivity index is 0.00000200. The zero-order valence-corrected chi connectivity index (χ0v) is 14.4. The van der Waals surface area contributed by atoms with E-state index < -0.39 is 0 Å². The van der Waals surface area contributed by atoms with Crippen molar-refractivity contribution in [3.63, 3.8) is 0 Å². The molecule has 98 valence electrons. The van der Waals surface area contributed by atoms with Gasteiger partial charge < -0.3 is 10.2 Å². The number of aryl methyl sites for hydroxylation is 2. The summed E-state index contributed by atoms with van der Waals surface area (Å²) in [5, 5.41) is 4.22. The van der Waals surface area contributed by atoms with Crippen LogP contribution in [0.4, 0.5) is 16.2 Å². The van der Waals surface area contributed by atoms with E-state index in [1.165, 1.54) is 0 Å². The largest absolute Gasteiger partial charge is 1.00 e. The van der Waals surface area contributed by atoms with Gasteiger partial charge in [-0.3, -0.25) is 4.79 Å². The van der Waals surface area contributed by atoms with Crippen molar-refractivity contribution in [1.29, 1.82) is 0 Å². The van der Waals surface area contributed by atoms with E-state index in [2.05, 4.69) is 5.32 Å². The van der Waals surface area contributed by atoms with Crippen LogP contribution < -0.4 is 34.5 Å². The average Bonchev–Trinajstić information content (AvgIpc) is 2.43. The number of para-hydroxylation sites is 2. The fourth-order valence-electron chi connectivity index (χ4n) is 1.91. The van der Waals surface area contributed by atoms with E-state index in [1.807, 2.05) is 62.4 Å². The summed E-state index contributed by atoms with van der Waals surface area (Å²) in [6.45, 7) is 3.92. The van der Waals surface area contributed by atoms with Gasteiger partial charge in [-0.2, -0.15) is 0 Å². The molecule has 0 radical (unpaired) electrons. The molecule has 2 amide bonds. The first kappa shape index (κ1) is 16.8. The smallest absolute Gasteiger partial charge is 0.414 e. The summed E-state index contributed by atoms with van der Waals surface area (Å²) in [6.07, 6.45) is 0. The van der Waals surface area contributed by atoms with Gasteiger partial charge >= 0.3 is 29.6 Å². The van der Waals surface area contributed by atoms with Crippen LogP contribution in [0.25, 0.3) is 5.32 Å². The number of benzene rings is 2. The molecule has 0 heterocycles. The topological polar surface area (TPSA) is 34.4 Å². The van der Waals surface area contributed by atoms with Crippen molar-refractivity contribution >= 4 is 17.4 Å². The maximum absolute atomic E-state index is 12.2. The summed E-state index contributed by atoms with van der Waals surface area (Å²) in [5.41, 5.74) is 3.61. The van der Waals surface area contributed by atoms with Crippen LogP contribution in [0, 0.1) is 13.8 Å².